The molecule has 2 aromatic carbocycles. The standard InChI is InChI=1S/C25H18BrF3N6O/c1-15-12-19(25(27,28)29)35-23(31-15)20(26)22(33-35)24(36)30-13-17-14-34(18-10-6-3-7-11-18)32-21(17)16-8-4-2-5-9-16/h2-12,14H,13H2,1H3,(H,30,36). The van der Waals surface area contributed by atoms with E-state index < -0.39 is 17.8 Å². The van der Waals surface area contributed by atoms with Crippen molar-refractivity contribution in [1.29, 1.82) is 0 Å². The molecule has 0 saturated heterocycles. The number of fused-ring (bicyclic) bond motifs is 1. The third-order valence-electron chi connectivity index (χ3n) is 5.46. The molecule has 0 aliphatic heterocycles. The van der Waals surface area contributed by atoms with Crippen LogP contribution in [0.5, 0.6) is 0 Å². The minimum absolute atomic E-state index is 0.0782. The first-order valence-electron chi connectivity index (χ1n) is 10.8. The molecule has 11 heteroatoms. The number of carbonyl (C=O) groups is 1. The van der Waals surface area contributed by atoms with E-state index in [9.17, 15) is 18.0 Å². The lowest BCUT2D eigenvalue weighted by Crippen LogP contribution is -2.24. The van der Waals surface area contributed by atoms with Crippen LogP contribution in [0, 0.1) is 6.92 Å². The Bertz CT molecular complexity index is 1560. The highest BCUT2D eigenvalue weighted by molar-refractivity contribution is 9.10. The minimum atomic E-state index is -4.66. The Balaban J connectivity index is 1.48. The molecule has 5 aromatic rings. The molecule has 0 fully saturated rings. The summed E-state index contributed by atoms with van der Waals surface area (Å²) in [6.07, 6.45) is -2.86. The third-order valence-corrected chi connectivity index (χ3v) is 6.19. The predicted molar refractivity (Wildman–Crippen MR) is 131 cm³/mol. The zero-order chi connectivity index (χ0) is 25.4. The Morgan fingerprint density at radius 2 is 1.69 bits per heavy atom. The second kappa shape index (κ2) is 9.23. The van der Waals surface area contributed by atoms with Crippen molar-refractivity contribution in [2.45, 2.75) is 19.6 Å². The number of amides is 1. The molecule has 0 aliphatic carbocycles. The Hall–Kier alpha value is -3.99. The highest BCUT2D eigenvalue weighted by atomic mass is 79.9. The van der Waals surface area contributed by atoms with Gasteiger partial charge in [0.2, 0.25) is 0 Å². The lowest BCUT2D eigenvalue weighted by Gasteiger charge is -2.09. The van der Waals surface area contributed by atoms with Crippen LogP contribution in [0.3, 0.4) is 0 Å². The fourth-order valence-corrected chi connectivity index (χ4v) is 4.33. The summed E-state index contributed by atoms with van der Waals surface area (Å²) in [6, 6.07) is 19.9. The van der Waals surface area contributed by atoms with Gasteiger partial charge in [-0.25, -0.2) is 14.2 Å². The number of alkyl halides is 3. The first-order valence-corrected chi connectivity index (χ1v) is 11.6. The van der Waals surface area contributed by atoms with Gasteiger partial charge in [-0.1, -0.05) is 48.5 Å². The van der Waals surface area contributed by atoms with Gasteiger partial charge in [-0.05, 0) is 41.1 Å². The van der Waals surface area contributed by atoms with Crippen molar-refractivity contribution in [3.05, 3.63) is 100 Å². The summed E-state index contributed by atoms with van der Waals surface area (Å²) in [5.74, 6) is -0.648. The van der Waals surface area contributed by atoms with Gasteiger partial charge in [0.15, 0.2) is 11.3 Å². The molecule has 0 saturated carbocycles. The SMILES string of the molecule is Cc1cc(C(F)(F)F)n2nc(C(=O)NCc3cn(-c4ccccc4)nc3-c3ccccc3)c(Br)c2n1. The monoisotopic (exact) mass is 554 g/mol. The van der Waals surface area contributed by atoms with Crippen LogP contribution in [0.1, 0.15) is 27.4 Å². The first-order chi connectivity index (χ1) is 17.2. The van der Waals surface area contributed by atoms with Gasteiger partial charge in [-0.2, -0.15) is 23.4 Å². The van der Waals surface area contributed by atoms with Crippen LogP contribution in [0.4, 0.5) is 13.2 Å². The number of hydrogen-bond acceptors (Lipinski definition) is 4. The van der Waals surface area contributed by atoms with Crippen molar-refractivity contribution >= 4 is 27.5 Å². The summed E-state index contributed by atoms with van der Waals surface area (Å²) in [6.45, 7) is 1.53. The van der Waals surface area contributed by atoms with Crippen molar-refractivity contribution in [1.82, 2.24) is 29.7 Å². The molecule has 0 radical (unpaired) electrons. The number of nitrogens with one attached hydrogen (secondary N) is 1. The van der Waals surface area contributed by atoms with Gasteiger partial charge in [-0.3, -0.25) is 4.79 Å². The van der Waals surface area contributed by atoms with E-state index in [1.54, 1.807) is 4.68 Å². The maximum atomic E-state index is 13.5. The van der Waals surface area contributed by atoms with Crippen molar-refractivity contribution in [3.8, 4) is 16.9 Å². The third kappa shape index (κ3) is 4.49. The van der Waals surface area contributed by atoms with Gasteiger partial charge < -0.3 is 5.32 Å². The highest BCUT2D eigenvalue weighted by Crippen LogP contribution is 2.32. The fourth-order valence-electron chi connectivity index (χ4n) is 3.81. The Morgan fingerprint density at radius 1 is 1.03 bits per heavy atom. The summed E-state index contributed by atoms with van der Waals surface area (Å²) >= 11 is 3.21. The second-order valence-corrected chi connectivity index (χ2v) is 8.80. The molecule has 0 aliphatic rings. The molecule has 1 N–H and O–H groups in total. The first kappa shape index (κ1) is 23.7. The molecule has 7 nitrogen and oxygen atoms in total. The van der Waals surface area contributed by atoms with Crippen LogP contribution in [-0.4, -0.2) is 30.3 Å². The number of aromatic nitrogens is 5. The molecule has 0 spiro atoms. The van der Waals surface area contributed by atoms with Gasteiger partial charge in [-0.15, -0.1) is 0 Å². The van der Waals surface area contributed by atoms with E-state index in [1.165, 1.54) is 6.92 Å². The summed E-state index contributed by atoms with van der Waals surface area (Å²) in [7, 11) is 0. The number of aryl methyl sites for hydroxylation is 1. The number of hydrogen-bond donors (Lipinski definition) is 1. The van der Waals surface area contributed by atoms with E-state index in [2.05, 4.69) is 31.3 Å². The topological polar surface area (TPSA) is 77.1 Å². The zero-order valence-corrected chi connectivity index (χ0v) is 20.4. The number of benzene rings is 2. The average molecular weight is 555 g/mol. The van der Waals surface area contributed by atoms with Gasteiger partial charge >= 0.3 is 6.18 Å². The molecular formula is C25H18BrF3N6O. The maximum Gasteiger partial charge on any atom is 0.433 e. The van der Waals surface area contributed by atoms with Gasteiger partial charge in [0.05, 0.1) is 15.9 Å². The summed E-state index contributed by atoms with van der Waals surface area (Å²) in [5.41, 5.74) is 1.96. The Labute approximate surface area is 211 Å². The molecule has 5 rings (SSSR count). The largest absolute Gasteiger partial charge is 0.433 e. The second-order valence-electron chi connectivity index (χ2n) is 8.01. The summed E-state index contributed by atoms with van der Waals surface area (Å²) < 4.78 is 43.1. The van der Waals surface area contributed by atoms with E-state index >= 15 is 0 Å². The normalized spacial score (nSPS) is 11.7. The highest BCUT2D eigenvalue weighted by Gasteiger charge is 2.36. The Morgan fingerprint density at radius 3 is 2.36 bits per heavy atom. The molecule has 0 atom stereocenters. The van der Waals surface area contributed by atoms with Crippen molar-refractivity contribution < 1.29 is 18.0 Å². The summed E-state index contributed by atoms with van der Waals surface area (Å²) in [5, 5.41) is 11.4. The maximum absolute atomic E-state index is 13.5. The molecule has 3 aromatic heterocycles. The minimum Gasteiger partial charge on any atom is -0.346 e. The van der Waals surface area contributed by atoms with Gasteiger partial charge in [0, 0.05) is 29.6 Å². The van der Waals surface area contributed by atoms with Crippen LogP contribution in [0.2, 0.25) is 0 Å². The quantitative estimate of drug-likeness (QED) is 0.306. The van der Waals surface area contributed by atoms with Crippen LogP contribution in [-0.2, 0) is 12.7 Å². The molecular weight excluding hydrogens is 537 g/mol. The number of rotatable bonds is 5. The van der Waals surface area contributed by atoms with Gasteiger partial charge in [0.25, 0.3) is 5.91 Å². The summed E-state index contributed by atoms with van der Waals surface area (Å²) in [4.78, 5) is 17.1. The lowest BCUT2D eigenvalue weighted by molar-refractivity contribution is -0.142. The molecule has 0 unspecified atom stereocenters. The molecule has 0 bridgehead atoms. The fraction of sp³-hybridized carbons (Fsp3) is 0.120. The molecule has 3 heterocycles. The number of halogens is 4. The number of para-hydroxylation sites is 1. The van der Waals surface area contributed by atoms with Crippen LogP contribution >= 0.6 is 15.9 Å². The van der Waals surface area contributed by atoms with E-state index in [1.807, 2.05) is 66.9 Å². The number of carbonyl (C=O) groups excluding carboxylic acids is 1. The smallest absolute Gasteiger partial charge is 0.346 e. The molecule has 36 heavy (non-hydrogen) atoms. The lowest BCUT2D eigenvalue weighted by atomic mass is 10.1. The van der Waals surface area contributed by atoms with E-state index in [4.69, 9.17) is 5.10 Å². The Kier molecular flexibility index (Phi) is 6.09. The van der Waals surface area contributed by atoms with Crippen LogP contribution < -0.4 is 5.32 Å². The van der Waals surface area contributed by atoms with Crippen molar-refractivity contribution in [3.63, 3.8) is 0 Å². The van der Waals surface area contributed by atoms with Crippen LogP contribution in [0.15, 0.2) is 77.4 Å². The zero-order valence-electron chi connectivity index (χ0n) is 18.8. The predicted octanol–water partition coefficient (Wildman–Crippen LogP) is 5.60. The molecule has 182 valence electrons. The van der Waals surface area contributed by atoms with Crippen molar-refractivity contribution in [2.24, 2.45) is 0 Å². The number of nitrogens with zero attached hydrogens (tertiary/aromatic N) is 5. The average Bonchev–Trinajstić information content (AvgIpc) is 3.44. The van der Waals surface area contributed by atoms with E-state index in [-0.39, 0.29) is 28.1 Å². The molecule has 1 amide bonds. The van der Waals surface area contributed by atoms with Crippen LogP contribution in [0.25, 0.3) is 22.6 Å². The van der Waals surface area contributed by atoms with E-state index in [0.29, 0.717) is 10.2 Å². The van der Waals surface area contributed by atoms with Crippen molar-refractivity contribution in [2.75, 3.05) is 0 Å². The van der Waals surface area contributed by atoms with Gasteiger partial charge in [0.1, 0.15) is 5.69 Å². The van der Waals surface area contributed by atoms with E-state index in [0.717, 1.165) is 22.9 Å².